The molecule has 0 unspecified atom stereocenters. The largest absolute Gasteiger partial charge is 0.497 e. The number of hydrogen-bond donors (Lipinski definition) is 1. The van der Waals surface area contributed by atoms with E-state index >= 15 is 0 Å². The van der Waals surface area contributed by atoms with Crippen LogP contribution >= 0.6 is 11.6 Å². The molecule has 7 heteroatoms. The molecule has 0 aliphatic rings. The highest BCUT2D eigenvalue weighted by atomic mass is 35.5. The predicted octanol–water partition coefficient (Wildman–Crippen LogP) is 4.81. The minimum absolute atomic E-state index is 0.0781. The van der Waals surface area contributed by atoms with Crippen LogP contribution < -0.4 is 10.1 Å². The zero-order valence-corrected chi connectivity index (χ0v) is 15.2. The number of aromatic nitrogens is 3. The van der Waals surface area contributed by atoms with Crippen LogP contribution in [0.1, 0.15) is 5.56 Å². The smallest absolute Gasteiger partial charge is 0.180 e. The molecule has 0 bridgehead atoms. The molecule has 0 spiro atoms. The highest BCUT2D eigenvalue weighted by Crippen LogP contribution is 2.27. The molecule has 0 atom stereocenters. The molecular formula is C20H16ClFN4O. The number of nitrogens with zero attached hydrogens (tertiary/aromatic N) is 3. The Labute approximate surface area is 160 Å². The molecule has 0 aliphatic carbocycles. The quantitative estimate of drug-likeness (QED) is 0.538. The summed E-state index contributed by atoms with van der Waals surface area (Å²) >= 11 is 5.91. The third-order valence-electron chi connectivity index (χ3n) is 4.26. The first-order valence-electron chi connectivity index (χ1n) is 8.30. The van der Waals surface area contributed by atoms with Gasteiger partial charge < -0.3 is 10.1 Å². The van der Waals surface area contributed by atoms with Crippen molar-refractivity contribution in [3.05, 3.63) is 77.5 Å². The summed E-state index contributed by atoms with van der Waals surface area (Å²) in [7, 11) is 1.64. The minimum atomic E-state index is -0.447. The van der Waals surface area contributed by atoms with Gasteiger partial charge in [0.2, 0.25) is 0 Å². The molecule has 0 aliphatic heterocycles. The molecule has 0 fully saturated rings. The minimum Gasteiger partial charge on any atom is -0.497 e. The fraction of sp³-hybridized carbons (Fsp3) is 0.100. The summed E-state index contributed by atoms with van der Waals surface area (Å²) in [6.45, 7) is 0.598. The molecule has 4 rings (SSSR count). The number of anilines is 1. The Morgan fingerprint density at radius 3 is 2.70 bits per heavy atom. The molecule has 2 aromatic heterocycles. The fourth-order valence-corrected chi connectivity index (χ4v) is 3.02. The number of fused-ring (bicyclic) bond motifs is 1. The molecule has 0 radical (unpaired) electrons. The number of rotatable bonds is 5. The highest BCUT2D eigenvalue weighted by molar-refractivity contribution is 6.31. The Hall–Kier alpha value is -3.12. The first kappa shape index (κ1) is 17.3. The van der Waals surface area contributed by atoms with Gasteiger partial charge in [-0.15, -0.1) is 0 Å². The van der Waals surface area contributed by atoms with Crippen LogP contribution in [0.5, 0.6) is 5.75 Å². The Morgan fingerprint density at radius 2 is 1.96 bits per heavy atom. The molecule has 136 valence electrons. The number of halogens is 2. The van der Waals surface area contributed by atoms with Crippen molar-refractivity contribution < 1.29 is 9.13 Å². The normalized spacial score (nSPS) is 10.9. The molecule has 0 amide bonds. The van der Waals surface area contributed by atoms with Crippen LogP contribution in [-0.4, -0.2) is 21.5 Å². The van der Waals surface area contributed by atoms with Gasteiger partial charge in [-0.2, -0.15) is 0 Å². The van der Waals surface area contributed by atoms with E-state index in [9.17, 15) is 4.39 Å². The summed E-state index contributed by atoms with van der Waals surface area (Å²) < 4.78 is 20.5. The number of methoxy groups -OCH3 is 1. The average Bonchev–Trinajstić information content (AvgIpc) is 3.13. The Bertz CT molecular complexity index is 1100. The van der Waals surface area contributed by atoms with E-state index in [0.29, 0.717) is 18.0 Å². The van der Waals surface area contributed by atoms with Crippen molar-refractivity contribution in [3.63, 3.8) is 0 Å². The van der Waals surface area contributed by atoms with Crippen LogP contribution in [0.25, 0.3) is 16.9 Å². The summed E-state index contributed by atoms with van der Waals surface area (Å²) in [4.78, 5) is 8.86. The maximum Gasteiger partial charge on any atom is 0.180 e. The second kappa shape index (κ2) is 7.25. The molecule has 2 heterocycles. The van der Waals surface area contributed by atoms with Crippen LogP contribution in [0.4, 0.5) is 10.2 Å². The summed E-state index contributed by atoms with van der Waals surface area (Å²) in [6, 6.07) is 12.4. The van der Waals surface area contributed by atoms with E-state index < -0.39 is 5.82 Å². The second-order valence-electron chi connectivity index (χ2n) is 5.94. The summed E-state index contributed by atoms with van der Waals surface area (Å²) in [5.74, 6) is 1.03. The van der Waals surface area contributed by atoms with E-state index in [-0.39, 0.29) is 5.02 Å². The van der Waals surface area contributed by atoms with Crippen molar-refractivity contribution in [1.82, 2.24) is 14.4 Å². The highest BCUT2D eigenvalue weighted by Gasteiger charge is 2.11. The lowest BCUT2D eigenvalue weighted by molar-refractivity contribution is 0.414. The van der Waals surface area contributed by atoms with Crippen LogP contribution in [0, 0.1) is 5.82 Å². The fourth-order valence-electron chi connectivity index (χ4n) is 2.84. The molecule has 0 saturated heterocycles. The van der Waals surface area contributed by atoms with Crippen molar-refractivity contribution in [1.29, 1.82) is 0 Å². The van der Waals surface area contributed by atoms with E-state index in [1.165, 1.54) is 6.07 Å². The van der Waals surface area contributed by atoms with Crippen molar-refractivity contribution >= 4 is 23.1 Å². The van der Waals surface area contributed by atoms with Crippen LogP contribution in [0.15, 0.2) is 61.1 Å². The molecule has 4 aromatic rings. The van der Waals surface area contributed by atoms with Crippen molar-refractivity contribution in [2.75, 3.05) is 12.4 Å². The van der Waals surface area contributed by atoms with Crippen molar-refractivity contribution in [3.8, 4) is 17.0 Å². The van der Waals surface area contributed by atoms with Gasteiger partial charge in [-0.1, -0.05) is 23.7 Å². The molecule has 2 aromatic carbocycles. The monoisotopic (exact) mass is 382 g/mol. The molecular weight excluding hydrogens is 367 g/mol. The molecule has 27 heavy (non-hydrogen) atoms. The average molecular weight is 383 g/mol. The maximum atomic E-state index is 13.4. The summed E-state index contributed by atoms with van der Waals surface area (Å²) in [5, 5.41) is 3.38. The van der Waals surface area contributed by atoms with Crippen molar-refractivity contribution in [2.45, 2.75) is 6.54 Å². The van der Waals surface area contributed by atoms with Gasteiger partial charge in [-0.25, -0.2) is 14.4 Å². The number of ether oxygens (including phenoxy) is 1. The van der Waals surface area contributed by atoms with E-state index in [4.69, 9.17) is 16.3 Å². The van der Waals surface area contributed by atoms with Gasteiger partial charge in [0.25, 0.3) is 0 Å². The first-order valence-corrected chi connectivity index (χ1v) is 8.68. The summed E-state index contributed by atoms with van der Waals surface area (Å²) in [6.07, 6.45) is 5.23. The van der Waals surface area contributed by atoms with E-state index in [1.807, 2.05) is 34.9 Å². The lowest BCUT2D eigenvalue weighted by atomic mass is 10.1. The summed E-state index contributed by atoms with van der Waals surface area (Å²) in [5.41, 5.74) is 3.36. The maximum absolute atomic E-state index is 13.4. The molecule has 5 nitrogen and oxygen atoms in total. The third-order valence-corrected chi connectivity index (χ3v) is 4.55. The number of imidazole rings is 1. The van der Waals surface area contributed by atoms with Gasteiger partial charge in [0.05, 0.1) is 24.0 Å². The Morgan fingerprint density at radius 1 is 1.15 bits per heavy atom. The number of nitrogens with one attached hydrogen (secondary N) is 1. The van der Waals surface area contributed by atoms with Crippen molar-refractivity contribution in [2.24, 2.45) is 0 Å². The lowest BCUT2D eigenvalue weighted by Gasteiger charge is -2.09. The van der Waals surface area contributed by atoms with Gasteiger partial charge in [-0.3, -0.25) is 4.40 Å². The van der Waals surface area contributed by atoms with Gasteiger partial charge in [-0.05, 0) is 35.9 Å². The van der Waals surface area contributed by atoms with E-state index in [0.717, 1.165) is 22.6 Å². The third kappa shape index (κ3) is 3.44. The standard InChI is InChI=1S/C20H16ClFN4O/c1-27-15-5-2-13(3-6-15)11-24-19-20-25-12-18(26(20)9-8-23-19)14-4-7-17(22)16(21)10-14/h2-10,12H,11H2,1H3,(H,23,24). The Balaban J connectivity index is 1.62. The first-order chi connectivity index (χ1) is 13.2. The van der Waals surface area contributed by atoms with Gasteiger partial charge >= 0.3 is 0 Å². The lowest BCUT2D eigenvalue weighted by Crippen LogP contribution is -2.04. The van der Waals surface area contributed by atoms with Gasteiger partial charge in [0.1, 0.15) is 11.6 Å². The van der Waals surface area contributed by atoms with Crippen LogP contribution in [-0.2, 0) is 6.54 Å². The second-order valence-corrected chi connectivity index (χ2v) is 6.35. The predicted molar refractivity (Wildman–Crippen MR) is 104 cm³/mol. The zero-order valence-electron chi connectivity index (χ0n) is 14.5. The van der Waals surface area contributed by atoms with Crippen LogP contribution in [0.3, 0.4) is 0 Å². The van der Waals surface area contributed by atoms with E-state index in [2.05, 4.69) is 15.3 Å². The SMILES string of the molecule is COc1ccc(CNc2nccn3c(-c4ccc(F)c(Cl)c4)cnc23)cc1. The topological polar surface area (TPSA) is 51.5 Å². The number of benzene rings is 2. The zero-order chi connectivity index (χ0) is 18.8. The van der Waals surface area contributed by atoms with Gasteiger partial charge in [0, 0.05) is 24.5 Å². The Kier molecular flexibility index (Phi) is 4.64. The van der Waals surface area contributed by atoms with Crippen LogP contribution in [0.2, 0.25) is 5.02 Å². The van der Waals surface area contributed by atoms with E-state index in [1.54, 1.807) is 31.6 Å². The number of hydrogen-bond acceptors (Lipinski definition) is 4. The van der Waals surface area contributed by atoms with Gasteiger partial charge in [0.15, 0.2) is 11.5 Å². The molecule has 1 N–H and O–H groups in total. The molecule has 0 saturated carbocycles.